The van der Waals surface area contributed by atoms with Crippen LogP contribution >= 0.6 is 23.2 Å². The summed E-state index contributed by atoms with van der Waals surface area (Å²) in [7, 11) is 0. The number of anilines is 1. The second-order valence-corrected chi connectivity index (χ2v) is 10.5. The quantitative estimate of drug-likeness (QED) is 0.331. The lowest BCUT2D eigenvalue weighted by Gasteiger charge is -2.22. The average molecular weight is 626 g/mol. The average Bonchev–Trinajstić information content (AvgIpc) is 3.30. The van der Waals surface area contributed by atoms with Crippen molar-refractivity contribution in [2.75, 3.05) is 38.3 Å². The highest BCUT2D eigenvalue weighted by Gasteiger charge is 2.38. The molecule has 0 spiro atoms. The van der Waals surface area contributed by atoms with Gasteiger partial charge in [-0.25, -0.2) is 4.79 Å². The molecule has 0 bridgehead atoms. The van der Waals surface area contributed by atoms with Crippen LogP contribution in [0.15, 0.2) is 60.7 Å². The van der Waals surface area contributed by atoms with Gasteiger partial charge < -0.3 is 19.9 Å². The van der Waals surface area contributed by atoms with Crippen molar-refractivity contribution in [1.82, 2.24) is 9.80 Å². The van der Waals surface area contributed by atoms with Crippen molar-refractivity contribution in [3.05, 3.63) is 87.4 Å². The summed E-state index contributed by atoms with van der Waals surface area (Å²) in [4.78, 5) is 26.5. The minimum absolute atomic E-state index is 0.213. The first-order valence-electron chi connectivity index (χ1n) is 13.0. The molecule has 3 aromatic rings. The van der Waals surface area contributed by atoms with E-state index in [2.05, 4.69) is 33.3 Å². The van der Waals surface area contributed by atoms with Crippen LogP contribution in [0, 0.1) is 0 Å². The molecule has 1 amide bonds. The Hall–Kier alpha value is -3.51. The van der Waals surface area contributed by atoms with E-state index in [1.54, 1.807) is 18.2 Å². The van der Waals surface area contributed by atoms with Crippen LogP contribution in [0.4, 0.5) is 18.9 Å². The number of amides is 1. The third kappa shape index (κ3) is 8.99. The summed E-state index contributed by atoms with van der Waals surface area (Å²) in [5.41, 5.74) is 3.65. The summed E-state index contributed by atoms with van der Waals surface area (Å²) in [6.45, 7) is 6.14. The first-order valence-corrected chi connectivity index (χ1v) is 13.7. The highest BCUT2D eigenvalue weighted by Crippen LogP contribution is 2.33. The monoisotopic (exact) mass is 625 g/mol. The molecule has 1 fully saturated rings. The number of ether oxygens (including phenoxy) is 2. The lowest BCUT2D eigenvalue weighted by molar-refractivity contribution is -0.192. The smallest absolute Gasteiger partial charge is 0.475 e. The normalized spacial score (nSPS) is 15.4. The van der Waals surface area contributed by atoms with Crippen molar-refractivity contribution >= 4 is 40.8 Å². The molecule has 2 aliphatic heterocycles. The second kappa shape index (κ2) is 14.1. The summed E-state index contributed by atoms with van der Waals surface area (Å²) in [5.74, 6) is -1.31. The van der Waals surface area contributed by atoms with Gasteiger partial charge in [0.15, 0.2) is 11.5 Å². The van der Waals surface area contributed by atoms with Crippen LogP contribution in [0.2, 0.25) is 10.0 Å². The molecule has 0 radical (unpaired) electrons. The Balaban J connectivity index is 0.000000517. The van der Waals surface area contributed by atoms with Gasteiger partial charge in [0, 0.05) is 37.4 Å². The molecule has 224 valence electrons. The fourth-order valence-electron chi connectivity index (χ4n) is 4.48. The largest absolute Gasteiger partial charge is 0.490 e. The number of hydrogen-bond donors (Lipinski definition) is 2. The third-order valence-electron chi connectivity index (χ3n) is 6.54. The summed E-state index contributed by atoms with van der Waals surface area (Å²) in [5, 5.41) is 10.9. The first kappa shape index (κ1) is 31.4. The molecule has 0 aromatic heterocycles. The van der Waals surface area contributed by atoms with E-state index in [9.17, 15) is 18.0 Å². The van der Waals surface area contributed by atoms with Gasteiger partial charge in [-0.15, -0.1) is 0 Å². The number of carbonyl (C=O) groups excluding carboxylic acids is 1. The minimum Gasteiger partial charge on any atom is -0.475 e. The van der Waals surface area contributed by atoms with E-state index in [1.165, 1.54) is 11.1 Å². The van der Waals surface area contributed by atoms with E-state index in [1.807, 2.05) is 24.3 Å². The number of aliphatic carboxylic acids is 1. The molecule has 2 N–H and O–H groups in total. The summed E-state index contributed by atoms with van der Waals surface area (Å²) in [6.07, 6.45) is -3.97. The highest BCUT2D eigenvalue weighted by atomic mass is 35.5. The zero-order valence-corrected chi connectivity index (χ0v) is 23.8. The van der Waals surface area contributed by atoms with Gasteiger partial charge >= 0.3 is 12.1 Å². The molecular formula is C29H28Cl2F3N3O5. The molecule has 42 heavy (non-hydrogen) atoms. The summed E-state index contributed by atoms with van der Waals surface area (Å²) >= 11 is 12.0. The van der Waals surface area contributed by atoms with Crippen LogP contribution in [0.3, 0.4) is 0 Å². The van der Waals surface area contributed by atoms with Gasteiger partial charge in [-0.3, -0.25) is 14.6 Å². The number of hydrogen-bond acceptors (Lipinski definition) is 6. The number of halogens is 5. The molecule has 3 aromatic carbocycles. The minimum atomic E-state index is -5.08. The Morgan fingerprint density at radius 3 is 2.12 bits per heavy atom. The molecule has 2 heterocycles. The van der Waals surface area contributed by atoms with Crippen LogP contribution in [0.25, 0.3) is 0 Å². The fourth-order valence-corrected chi connectivity index (χ4v) is 4.78. The van der Waals surface area contributed by atoms with E-state index >= 15 is 0 Å². The van der Waals surface area contributed by atoms with Crippen molar-refractivity contribution in [2.45, 2.75) is 25.7 Å². The zero-order chi connectivity index (χ0) is 30.3. The van der Waals surface area contributed by atoms with Crippen LogP contribution in [-0.4, -0.2) is 65.9 Å². The van der Waals surface area contributed by atoms with Crippen molar-refractivity contribution in [1.29, 1.82) is 0 Å². The molecule has 5 rings (SSSR count). The lowest BCUT2D eigenvalue weighted by Crippen LogP contribution is -2.30. The third-order valence-corrected chi connectivity index (χ3v) is 7.28. The highest BCUT2D eigenvalue weighted by molar-refractivity contribution is 6.42. The maximum atomic E-state index is 12.6. The Morgan fingerprint density at radius 2 is 1.48 bits per heavy atom. The van der Waals surface area contributed by atoms with Gasteiger partial charge in [0.1, 0.15) is 0 Å². The van der Waals surface area contributed by atoms with Crippen LogP contribution < -0.4 is 14.8 Å². The van der Waals surface area contributed by atoms with Gasteiger partial charge in [-0.2, -0.15) is 13.2 Å². The summed E-state index contributed by atoms with van der Waals surface area (Å²) in [6, 6.07) is 19.1. The molecule has 1 saturated heterocycles. The van der Waals surface area contributed by atoms with Crippen LogP contribution in [0.1, 0.15) is 27.9 Å². The number of alkyl halides is 3. The van der Waals surface area contributed by atoms with Crippen molar-refractivity contribution in [2.24, 2.45) is 0 Å². The number of carboxylic acid groups (broad SMARTS) is 1. The van der Waals surface area contributed by atoms with Crippen molar-refractivity contribution in [3.8, 4) is 11.5 Å². The molecule has 0 unspecified atom stereocenters. The van der Waals surface area contributed by atoms with Gasteiger partial charge in [0.05, 0.1) is 10.0 Å². The first-order chi connectivity index (χ1) is 20.0. The number of nitrogens with one attached hydrogen (secondary N) is 1. The van der Waals surface area contributed by atoms with E-state index in [-0.39, 0.29) is 5.91 Å². The molecule has 13 heteroatoms. The van der Waals surface area contributed by atoms with E-state index in [4.69, 9.17) is 42.6 Å². The Labute approximate surface area is 250 Å². The predicted octanol–water partition coefficient (Wildman–Crippen LogP) is 6.32. The number of benzene rings is 3. The van der Waals surface area contributed by atoms with Gasteiger partial charge in [0.25, 0.3) is 5.91 Å². The van der Waals surface area contributed by atoms with Crippen LogP contribution in [-0.2, 0) is 17.9 Å². The van der Waals surface area contributed by atoms with Crippen LogP contribution in [0.5, 0.6) is 11.5 Å². The molecule has 0 aliphatic carbocycles. The molecule has 0 saturated carbocycles. The number of fused-ring (bicyclic) bond motifs is 1. The Kier molecular flexibility index (Phi) is 10.6. The topological polar surface area (TPSA) is 91.3 Å². The lowest BCUT2D eigenvalue weighted by atomic mass is 10.1. The number of rotatable bonds is 6. The van der Waals surface area contributed by atoms with E-state index in [0.29, 0.717) is 22.4 Å². The molecule has 2 aliphatic rings. The van der Waals surface area contributed by atoms with Gasteiger partial charge in [-0.05, 0) is 73.1 Å². The second-order valence-electron chi connectivity index (χ2n) is 9.68. The van der Waals surface area contributed by atoms with Gasteiger partial charge in [-0.1, -0.05) is 41.4 Å². The maximum Gasteiger partial charge on any atom is 0.490 e. The standard InChI is InChI=1S/C27H27Cl2N3O3.C2HF3O2/c28-23-7-6-21(15-24(23)29)27(33)30-22-4-1-3-19(13-22)16-31-9-2-10-32(12-11-31)17-20-5-8-25-26(14-20)35-18-34-25;3-2(4,5)1(6)7/h1,3-8,13-15H,2,9-12,16-18H2,(H,30,33);(H,6,7). The van der Waals surface area contributed by atoms with E-state index in [0.717, 1.165) is 62.9 Å². The van der Waals surface area contributed by atoms with Gasteiger partial charge in [0.2, 0.25) is 6.79 Å². The molecule has 0 atom stereocenters. The molecular weight excluding hydrogens is 598 g/mol. The Morgan fingerprint density at radius 1 is 0.833 bits per heavy atom. The number of nitrogens with zero attached hydrogens (tertiary/aromatic N) is 2. The predicted molar refractivity (Wildman–Crippen MR) is 152 cm³/mol. The van der Waals surface area contributed by atoms with Crippen molar-refractivity contribution in [3.63, 3.8) is 0 Å². The SMILES string of the molecule is O=C(Nc1cccc(CN2CCCN(Cc3ccc4c(c3)OCO4)CC2)c1)c1ccc(Cl)c(Cl)c1.O=C(O)C(F)(F)F. The zero-order valence-electron chi connectivity index (χ0n) is 22.3. The van der Waals surface area contributed by atoms with E-state index < -0.39 is 12.1 Å². The maximum absolute atomic E-state index is 12.6. The fraction of sp³-hybridized carbons (Fsp3) is 0.310. The van der Waals surface area contributed by atoms with Crippen molar-refractivity contribution < 1.29 is 37.3 Å². The number of carboxylic acids is 1. The summed E-state index contributed by atoms with van der Waals surface area (Å²) < 4.78 is 42.7. The Bertz CT molecular complexity index is 1420. The number of carbonyl (C=O) groups is 2. The molecule has 8 nitrogen and oxygen atoms in total.